The zero-order chi connectivity index (χ0) is 16.2. The van der Waals surface area contributed by atoms with Gasteiger partial charge in [0.15, 0.2) is 5.96 Å². The van der Waals surface area contributed by atoms with Crippen LogP contribution >= 0.6 is 11.3 Å². The Bertz CT molecular complexity index is 581. The predicted octanol–water partition coefficient (Wildman–Crippen LogP) is 1.48. The number of carbonyl (C=O) groups excluding carboxylic acids is 1. The van der Waals surface area contributed by atoms with Gasteiger partial charge >= 0.3 is 0 Å². The molecule has 0 atom stereocenters. The summed E-state index contributed by atoms with van der Waals surface area (Å²) in [4.78, 5) is 25.6. The first-order chi connectivity index (χ1) is 11.2. The third-order valence-corrected chi connectivity index (χ3v) is 5.21. The molecule has 1 aliphatic heterocycles. The first-order valence-electron chi connectivity index (χ1n) is 8.47. The second kappa shape index (κ2) is 7.29. The van der Waals surface area contributed by atoms with Crippen molar-refractivity contribution in [2.24, 2.45) is 4.99 Å². The van der Waals surface area contributed by atoms with E-state index in [1.807, 2.05) is 4.90 Å². The summed E-state index contributed by atoms with van der Waals surface area (Å²) in [6, 6.07) is 0.506. The largest absolute Gasteiger partial charge is 0.356 e. The van der Waals surface area contributed by atoms with Gasteiger partial charge in [-0.05, 0) is 26.2 Å². The summed E-state index contributed by atoms with van der Waals surface area (Å²) in [5.41, 5.74) is 1.00. The van der Waals surface area contributed by atoms with Crippen LogP contribution in [0, 0.1) is 0 Å². The van der Waals surface area contributed by atoms with E-state index in [0.717, 1.165) is 42.7 Å². The molecule has 1 aliphatic carbocycles. The normalized spacial score (nSPS) is 19.4. The Balaban J connectivity index is 1.63. The molecule has 6 nitrogen and oxygen atoms in total. The lowest BCUT2D eigenvalue weighted by molar-refractivity contribution is -0.135. The number of aromatic nitrogens is 1. The lowest BCUT2D eigenvalue weighted by atomic mass is 10.3. The van der Waals surface area contributed by atoms with Gasteiger partial charge in [-0.25, -0.2) is 9.98 Å². The van der Waals surface area contributed by atoms with E-state index in [-0.39, 0.29) is 5.91 Å². The summed E-state index contributed by atoms with van der Waals surface area (Å²) < 4.78 is 0. The monoisotopic (exact) mass is 335 g/mol. The molecule has 1 saturated carbocycles. The topological polar surface area (TPSA) is 60.8 Å². The molecule has 7 heteroatoms. The van der Waals surface area contributed by atoms with Crippen LogP contribution in [0.25, 0.3) is 0 Å². The summed E-state index contributed by atoms with van der Waals surface area (Å²) in [5, 5.41) is 6.52. The van der Waals surface area contributed by atoms with Crippen LogP contribution in [0.5, 0.6) is 0 Å². The number of rotatable bonds is 5. The lowest BCUT2D eigenvalue weighted by Crippen LogP contribution is -2.55. The Morgan fingerprint density at radius 2 is 2.26 bits per heavy atom. The molecule has 1 saturated heterocycles. The van der Waals surface area contributed by atoms with Gasteiger partial charge in [0.1, 0.15) is 0 Å². The number of carbonyl (C=O) groups is 1. The van der Waals surface area contributed by atoms with Crippen molar-refractivity contribution in [2.45, 2.75) is 45.7 Å². The molecule has 3 rings (SSSR count). The molecular formula is C16H25N5OS. The van der Waals surface area contributed by atoms with Crippen LogP contribution in [0.2, 0.25) is 0 Å². The smallest absolute Gasteiger partial charge is 0.242 e. The summed E-state index contributed by atoms with van der Waals surface area (Å²) in [6.45, 7) is 7.62. The predicted molar refractivity (Wildman–Crippen MR) is 92.6 cm³/mol. The van der Waals surface area contributed by atoms with Crippen molar-refractivity contribution in [1.29, 1.82) is 0 Å². The van der Waals surface area contributed by atoms with Gasteiger partial charge in [0.25, 0.3) is 0 Å². The van der Waals surface area contributed by atoms with E-state index in [2.05, 4.69) is 39.4 Å². The van der Waals surface area contributed by atoms with Gasteiger partial charge in [-0.2, -0.15) is 0 Å². The van der Waals surface area contributed by atoms with Crippen molar-refractivity contribution in [3.05, 3.63) is 16.1 Å². The minimum absolute atomic E-state index is 0.228. The Hall–Kier alpha value is -1.63. The van der Waals surface area contributed by atoms with Crippen molar-refractivity contribution in [3.8, 4) is 0 Å². The van der Waals surface area contributed by atoms with E-state index >= 15 is 0 Å². The van der Waals surface area contributed by atoms with Crippen LogP contribution < -0.4 is 5.32 Å². The summed E-state index contributed by atoms with van der Waals surface area (Å²) >= 11 is 1.69. The number of aliphatic imine (C=N–C) groups is 1. The van der Waals surface area contributed by atoms with Gasteiger partial charge in [0, 0.05) is 31.1 Å². The Kier molecular flexibility index (Phi) is 5.15. The van der Waals surface area contributed by atoms with Gasteiger partial charge in [-0.3, -0.25) is 4.79 Å². The molecule has 2 fully saturated rings. The standard InChI is InChI=1S/C16H25N5OS/c1-3-14-19-12(11-23-14)9-18-16(17-4-2)20-7-8-21(13-5-6-13)15(22)10-20/h11,13H,3-10H2,1-2H3,(H,17,18). The molecule has 0 spiro atoms. The summed E-state index contributed by atoms with van der Waals surface area (Å²) in [7, 11) is 0. The van der Waals surface area contributed by atoms with Crippen molar-refractivity contribution >= 4 is 23.2 Å². The fraction of sp³-hybridized carbons (Fsp3) is 0.688. The highest BCUT2D eigenvalue weighted by atomic mass is 32.1. The molecule has 23 heavy (non-hydrogen) atoms. The van der Waals surface area contributed by atoms with Crippen molar-refractivity contribution < 1.29 is 4.79 Å². The van der Waals surface area contributed by atoms with Gasteiger partial charge in [0.05, 0.1) is 23.8 Å². The number of nitrogens with zero attached hydrogens (tertiary/aromatic N) is 4. The Morgan fingerprint density at radius 3 is 2.87 bits per heavy atom. The van der Waals surface area contributed by atoms with Crippen LogP contribution in [-0.2, 0) is 17.8 Å². The maximum absolute atomic E-state index is 12.3. The number of thiazole rings is 1. The fourth-order valence-electron chi connectivity index (χ4n) is 2.81. The highest BCUT2D eigenvalue weighted by Crippen LogP contribution is 2.28. The molecule has 0 unspecified atom stereocenters. The molecule has 0 aromatic carbocycles. The average Bonchev–Trinajstić information content (AvgIpc) is 3.29. The van der Waals surface area contributed by atoms with E-state index in [0.29, 0.717) is 19.1 Å². The summed E-state index contributed by atoms with van der Waals surface area (Å²) in [5.74, 6) is 1.05. The summed E-state index contributed by atoms with van der Waals surface area (Å²) in [6.07, 6.45) is 3.30. The van der Waals surface area contributed by atoms with Gasteiger partial charge in [-0.1, -0.05) is 6.92 Å². The second-order valence-corrected chi connectivity index (χ2v) is 6.94. The molecule has 1 amide bonds. The van der Waals surface area contributed by atoms with Crippen molar-refractivity contribution in [2.75, 3.05) is 26.2 Å². The van der Waals surface area contributed by atoms with Crippen LogP contribution in [0.4, 0.5) is 0 Å². The Morgan fingerprint density at radius 1 is 1.43 bits per heavy atom. The molecule has 2 heterocycles. The van der Waals surface area contributed by atoms with E-state index in [1.54, 1.807) is 11.3 Å². The number of piperazine rings is 1. The number of guanidine groups is 1. The van der Waals surface area contributed by atoms with Gasteiger partial charge < -0.3 is 15.1 Å². The van der Waals surface area contributed by atoms with Crippen molar-refractivity contribution in [3.63, 3.8) is 0 Å². The van der Waals surface area contributed by atoms with E-state index in [9.17, 15) is 4.79 Å². The van der Waals surface area contributed by atoms with E-state index in [4.69, 9.17) is 0 Å². The third-order valence-electron chi connectivity index (χ3n) is 4.17. The minimum Gasteiger partial charge on any atom is -0.356 e. The molecule has 2 aliphatic rings. The number of aryl methyl sites for hydroxylation is 1. The first-order valence-corrected chi connectivity index (χ1v) is 9.35. The van der Waals surface area contributed by atoms with Crippen LogP contribution in [0.1, 0.15) is 37.4 Å². The van der Waals surface area contributed by atoms with E-state index in [1.165, 1.54) is 12.8 Å². The van der Waals surface area contributed by atoms with Crippen LogP contribution in [0.15, 0.2) is 10.4 Å². The molecule has 126 valence electrons. The SMILES string of the molecule is CCNC(=NCc1csc(CC)n1)N1CCN(C2CC2)C(=O)C1. The molecule has 1 aromatic rings. The van der Waals surface area contributed by atoms with Gasteiger partial charge in [-0.15, -0.1) is 11.3 Å². The van der Waals surface area contributed by atoms with Crippen LogP contribution in [0.3, 0.4) is 0 Å². The number of amides is 1. The lowest BCUT2D eigenvalue weighted by Gasteiger charge is -2.36. The minimum atomic E-state index is 0.228. The number of hydrogen-bond acceptors (Lipinski definition) is 4. The average molecular weight is 335 g/mol. The van der Waals surface area contributed by atoms with E-state index < -0.39 is 0 Å². The first kappa shape index (κ1) is 16.2. The highest BCUT2D eigenvalue weighted by Gasteiger charge is 2.36. The Labute approximate surface area is 141 Å². The van der Waals surface area contributed by atoms with Crippen molar-refractivity contribution in [1.82, 2.24) is 20.1 Å². The number of hydrogen-bond donors (Lipinski definition) is 1. The molecule has 0 bridgehead atoms. The molecule has 0 radical (unpaired) electrons. The van der Waals surface area contributed by atoms with Gasteiger partial charge in [0.2, 0.25) is 5.91 Å². The molecular weight excluding hydrogens is 310 g/mol. The maximum Gasteiger partial charge on any atom is 0.242 e. The molecule has 1 aromatic heterocycles. The zero-order valence-corrected chi connectivity index (χ0v) is 14.7. The van der Waals surface area contributed by atoms with Crippen LogP contribution in [-0.4, -0.2) is 58.9 Å². The highest BCUT2D eigenvalue weighted by molar-refractivity contribution is 7.09. The second-order valence-electron chi connectivity index (χ2n) is 6.00. The molecule has 1 N–H and O–H groups in total. The quantitative estimate of drug-likeness (QED) is 0.654. The number of nitrogens with one attached hydrogen (secondary N) is 1. The third kappa shape index (κ3) is 4.02. The maximum atomic E-state index is 12.3. The fourth-order valence-corrected chi connectivity index (χ4v) is 3.54. The zero-order valence-electron chi connectivity index (χ0n) is 13.9.